The maximum Gasteiger partial charge on any atom is 0.256 e. The van der Waals surface area contributed by atoms with Crippen LogP contribution >= 0.6 is 0 Å². The molecule has 0 aromatic carbocycles. The molecule has 4 heteroatoms. The molecule has 0 radical (unpaired) electrons. The molecule has 0 aromatic rings. The third kappa shape index (κ3) is 1.87. The van der Waals surface area contributed by atoms with Crippen molar-refractivity contribution in [3.8, 4) is 0 Å². The molecule has 0 aromatic heterocycles. The van der Waals surface area contributed by atoms with Crippen molar-refractivity contribution in [2.75, 3.05) is 0 Å². The molecule has 3 N–H and O–H groups in total. The molecule has 66 valence electrons. The topological polar surface area (TPSA) is 46.2 Å². The third-order valence-electron chi connectivity index (χ3n) is 2.32. The second-order valence-electron chi connectivity index (χ2n) is 3.27. The van der Waals surface area contributed by atoms with Crippen LogP contribution in [-0.2, 0) is 0 Å². The predicted octanol–water partition coefficient (Wildman–Crippen LogP) is 0.884. The normalized spacial score (nSPS) is 39.5. The average Bonchev–Trinajstić information content (AvgIpc) is 1.95. The van der Waals surface area contributed by atoms with Crippen molar-refractivity contribution in [1.29, 1.82) is 0 Å². The monoisotopic (exact) mass is 165 g/mol. The van der Waals surface area contributed by atoms with Gasteiger partial charge in [0.05, 0.1) is 11.6 Å². The zero-order valence-electron chi connectivity index (χ0n) is 6.26. The van der Waals surface area contributed by atoms with Crippen molar-refractivity contribution in [3.05, 3.63) is 0 Å². The van der Waals surface area contributed by atoms with Crippen LogP contribution in [-0.4, -0.2) is 23.2 Å². The van der Waals surface area contributed by atoms with E-state index in [1.54, 1.807) is 0 Å². The summed E-state index contributed by atoms with van der Waals surface area (Å²) in [6.07, 6.45) is -1.63. The van der Waals surface area contributed by atoms with Crippen molar-refractivity contribution in [2.45, 2.75) is 43.8 Å². The molecule has 0 spiro atoms. The summed E-state index contributed by atoms with van der Waals surface area (Å²) < 4.78 is 24.5. The molecular formula is C7H13F2NO. The summed E-state index contributed by atoms with van der Waals surface area (Å²) in [5, 5.41) is 9.02. The van der Waals surface area contributed by atoms with Gasteiger partial charge in [0.15, 0.2) is 0 Å². The Labute approximate surface area is 64.4 Å². The highest BCUT2D eigenvalue weighted by Gasteiger charge is 2.38. The smallest absolute Gasteiger partial charge is 0.256 e. The van der Waals surface area contributed by atoms with Gasteiger partial charge >= 0.3 is 0 Å². The van der Waals surface area contributed by atoms with Gasteiger partial charge in [0.2, 0.25) is 0 Å². The van der Waals surface area contributed by atoms with Gasteiger partial charge in [-0.2, -0.15) is 0 Å². The van der Waals surface area contributed by atoms with E-state index in [9.17, 15) is 8.78 Å². The fourth-order valence-electron chi connectivity index (χ4n) is 1.36. The molecule has 1 rings (SSSR count). The molecule has 0 bridgehead atoms. The van der Waals surface area contributed by atoms with Crippen LogP contribution in [0.2, 0.25) is 0 Å². The Morgan fingerprint density at radius 3 is 2.18 bits per heavy atom. The number of hydrogen-bond donors (Lipinski definition) is 2. The summed E-state index contributed by atoms with van der Waals surface area (Å²) in [4.78, 5) is 0. The first-order valence-corrected chi connectivity index (χ1v) is 3.80. The number of aliphatic hydroxyl groups excluding tert-OH is 1. The highest BCUT2D eigenvalue weighted by Crippen LogP contribution is 2.30. The van der Waals surface area contributed by atoms with E-state index in [0.29, 0.717) is 12.8 Å². The first-order valence-electron chi connectivity index (χ1n) is 3.80. The summed E-state index contributed by atoms with van der Waals surface area (Å²) in [5.74, 6) is 0. The minimum atomic E-state index is -2.46. The average molecular weight is 165 g/mol. The maximum absolute atomic E-state index is 12.2. The fraction of sp³-hybridized carbons (Fsp3) is 1.00. The Bertz CT molecular complexity index is 132. The summed E-state index contributed by atoms with van der Waals surface area (Å²) in [5.41, 5.74) is 4.07. The molecule has 2 nitrogen and oxygen atoms in total. The fourth-order valence-corrected chi connectivity index (χ4v) is 1.36. The van der Waals surface area contributed by atoms with Crippen molar-refractivity contribution in [2.24, 2.45) is 5.73 Å². The lowest BCUT2D eigenvalue weighted by molar-refractivity contribution is 0.00181. The molecule has 1 saturated carbocycles. The van der Waals surface area contributed by atoms with Gasteiger partial charge in [-0.05, 0) is 25.7 Å². The molecule has 0 heterocycles. The Morgan fingerprint density at radius 1 is 1.36 bits per heavy atom. The van der Waals surface area contributed by atoms with E-state index in [0.717, 1.165) is 0 Å². The standard InChI is InChI=1S/C7H13F2NO/c8-6(9)7(10)3-1-5(11)2-4-7/h5-6,11H,1-4,10H2. The SMILES string of the molecule is NC1(C(F)F)CCC(O)CC1. The predicted molar refractivity (Wildman–Crippen MR) is 37.4 cm³/mol. The van der Waals surface area contributed by atoms with E-state index in [-0.39, 0.29) is 12.8 Å². The molecule has 1 aliphatic carbocycles. The lowest BCUT2D eigenvalue weighted by Gasteiger charge is -2.34. The van der Waals surface area contributed by atoms with Crippen LogP contribution in [0.4, 0.5) is 8.78 Å². The molecular weight excluding hydrogens is 152 g/mol. The number of hydrogen-bond acceptors (Lipinski definition) is 2. The number of rotatable bonds is 1. The van der Waals surface area contributed by atoms with Gasteiger partial charge in [0.25, 0.3) is 6.43 Å². The Hall–Kier alpha value is -0.220. The molecule has 1 aliphatic rings. The first kappa shape index (κ1) is 8.87. The summed E-state index contributed by atoms with van der Waals surface area (Å²) in [6, 6.07) is 0. The number of halogens is 2. The molecule has 0 saturated heterocycles. The molecule has 11 heavy (non-hydrogen) atoms. The van der Waals surface area contributed by atoms with Gasteiger partial charge in [-0.3, -0.25) is 0 Å². The number of alkyl halides is 2. The highest BCUT2D eigenvalue weighted by atomic mass is 19.3. The van der Waals surface area contributed by atoms with E-state index < -0.39 is 18.1 Å². The largest absolute Gasteiger partial charge is 0.393 e. The van der Waals surface area contributed by atoms with Crippen LogP contribution in [0, 0.1) is 0 Å². The molecule has 0 atom stereocenters. The zero-order valence-corrected chi connectivity index (χ0v) is 6.26. The summed E-state index contributed by atoms with van der Waals surface area (Å²) in [7, 11) is 0. The second kappa shape index (κ2) is 3.03. The molecule has 0 aliphatic heterocycles. The van der Waals surface area contributed by atoms with Crippen LogP contribution in [0.15, 0.2) is 0 Å². The van der Waals surface area contributed by atoms with Crippen LogP contribution in [0.5, 0.6) is 0 Å². The minimum absolute atomic E-state index is 0.228. The van der Waals surface area contributed by atoms with Crippen molar-refractivity contribution >= 4 is 0 Å². The van der Waals surface area contributed by atoms with Crippen LogP contribution in [0.3, 0.4) is 0 Å². The summed E-state index contributed by atoms with van der Waals surface area (Å²) in [6.45, 7) is 0. The Kier molecular flexibility index (Phi) is 2.44. The van der Waals surface area contributed by atoms with Gasteiger partial charge in [0.1, 0.15) is 0 Å². The van der Waals surface area contributed by atoms with Crippen molar-refractivity contribution < 1.29 is 13.9 Å². The first-order chi connectivity index (χ1) is 5.04. The van der Waals surface area contributed by atoms with Crippen LogP contribution < -0.4 is 5.73 Å². The quantitative estimate of drug-likeness (QED) is 0.606. The van der Waals surface area contributed by atoms with Gasteiger partial charge in [-0.25, -0.2) is 8.78 Å². The van der Waals surface area contributed by atoms with Crippen molar-refractivity contribution in [3.63, 3.8) is 0 Å². The lowest BCUT2D eigenvalue weighted by Crippen LogP contribution is -2.50. The zero-order chi connectivity index (χ0) is 8.48. The highest BCUT2D eigenvalue weighted by molar-refractivity contribution is 4.91. The van der Waals surface area contributed by atoms with Gasteiger partial charge in [0, 0.05) is 0 Å². The van der Waals surface area contributed by atoms with Gasteiger partial charge in [-0.15, -0.1) is 0 Å². The Balaban J connectivity index is 2.48. The maximum atomic E-state index is 12.2. The number of aliphatic hydroxyl groups is 1. The van der Waals surface area contributed by atoms with Gasteiger partial charge in [-0.1, -0.05) is 0 Å². The minimum Gasteiger partial charge on any atom is -0.393 e. The third-order valence-corrected chi connectivity index (χ3v) is 2.32. The van der Waals surface area contributed by atoms with Crippen molar-refractivity contribution in [1.82, 2.24) is 0 Å². The van der Waals surface area contributed by atoms with E-state index in [1.807, 2.05) is 0 Å². The second-order valence-corrected chi connectivity index (χ2v) is 3.27. The molecule has 1 fully saturated rings. The van der Waals surface area contributed by atoms with E-state index in [2.05, 4.69) is 0 Å². The van der Waals surface area contributed by atoms with Gasteiger partial charge < -0.3 is 10.8 Å². The lowest BCUT2D eigenvalue weighted by atomic mass is 9.81. The van der Waals surface area contributed by atoms with Crippen LogP contribution in [0.25, 0.3) is 0 Å². The number of nitrogens with two attached hydrogens (primary N) is 1. The van der Waals surface area contributed by atoms with E-state index in [1.165, 1.54) is 0 Å². The summed E-state index contributed by atoms with van der Waals surface area (Å²) >= 11 is 0. The van der Waals surface area contributed by atoms with Crippen LogP contribution in [0.1, 0.15) is 25.7 Å². The molecule has 0 amide bonds. The van der Waals surface area contributed by atoms with E-state index >= 15 is 0 Å². The molecule has 0 unspecified atom stereocenters. The Morgan fingerprint density at radius 2 is 1.82 bits per heavy atom. The van der Waals surface area contributed by atoms with E-state index in [4.69, 9.17) is 10.8 Å².